The number of aromatic hydroxyl groups is 1. The number of carbonyl (C=O) groups excluding carboxylic acids is 1. The van der Waals surface area contributed by atoms with Gasteiger partial charge in [-0.05, 0) is 24.6 Å². The van der Waals surface area contributed by atoms with Crippen LogP contribution in [0.3, 0.4) is 0 Å². The van der Waals surface area contributed by atoms with Gasteiger partial charge < -0.3 is 9.52 Å². The van der Waals surface area contributed by atoms with Crippen LogP contribution in [0.4, 0.5) is 0 Å². The SMILES string of the molecule is Cc1coc2c(C=O)c(O)ccc12. The van der Waals surface area contributed by atoms with Gasteiger partial charge in [0.15, 0.2) is 6.29 Å². The lowest BCUT2D eigenvalue weighted by atomic mass is 10.1. The molecule has 66 valence electrons. The van der Waals surface area contributed by atoms with Crippen molar-refractivity contribution in [3.8, 4) is 5.75 Å². The van der Waals surface area contributed by atoms with Crippen LogP contribution in [0.1, 0.15) is 15.9 Å². The van der Waals surface area contributed by atoms with Crippen LogP contribution in [0, 0.1) is 6.92 Å². The summed E-state index contributed by atoms with van der Waals surface area (Å²) in [6.45, 7) is 1.89. The molecule has 3 nitrogen and oxygen atoms in total. The zero-order valence-electron chi connectivity index (χ0n) is 7.07. The van der Waals surface area contributed by atoms with Gasteiger partial charge in [0.2, 0.25) is 0 Å². The number of carbonyl (C=O) groups is 1. The summed E-state index contributed by atoms with van der Waals surface area (Å²) in [5.41, 5.74) is 1.62. The van der Waals surface area contributed by atoms with Crippen molar-refractivity contribution in [1.82, 2.24) is 0 Å². The van der Waals surface area contributed by atoms with Gasteiger partial charge in [-0.3, -0.25) is 4.79 Å². The van der Waals surface area contributed by atoms with Crippen LogP contribution in [-0.4, -0.2) is 11.4 Å². The van der Waals surface area contributed by atoms with E-state index in [2.05, 4.69) is 0 Å². The molecule has 0 aliphatic carbocycles. The van der Waals surface area contributed by atoms with Gasteiger partial charge in [-0.25, -0.2) is 0 Å². The highest BCUT2D eigenvalue weighted by Gasteiger charge is 2.10. The first kappa shape index (κ1) is 7.86. The normalized spacial score (nSPS) is 10.5. The molecule has 2 rings (SSSR count). The Bertz CT molecular complexity index is 468. The number of phenols is 1. The first-order chi connectivity index (χ1) is 6.24. The van der Waals surface area contributed by atoms with E-state index in [1.807, 2.05) is 6.92 Å². The van der Waals surface area contributed by atoms with Crippen molar-refractivity contribution in [2.24, 2.45) is 0 Å². The highest BCUT2D eigenvalue weighted by molar-refractivity contribution is 5.98. The zero-order valence-corrected chi connectivity index (χ0v) is 7.07. The standard InChI is InChI=1S/C10H8O3/c1-6-5-13-10-7(6)2-3-9(12)8(10)4-11/h2-5,12H,1H3. The smallest absolute Gasteiger partial charge is 0.157 e. The van der Waals surface area contributed by atoms with Gasteiger partial charge in [0.1, 0.15) is 11.3 Å². The fraction of sp³-hybridized carbons (Fsp3) is 0.100. The van der Waals surface area contributed by atoms with Crippen molar-refractivity contribution >= 4 is 17.3 Å². The maximum Gasteiger partial charge on any atom is 0.157 e. The molecule has 0 saturated heterocycles. The third-order valence-electron chi connectivity index (χ3n) is 2.07. The molecule has 0 aliphatic heterocycles. The third kappa shape index (κ3) is 1.01. The number of furan rings is 1. The van der Waals surface area contributed by atoms with Crippen LogP contribution in [-0.2, 0) is 0 Å². The van der Waals surface area contributed by atoms with Crippen molar-refractivity contribution in [1.29, 1.82) is 0 Å². The third-order valence-corrected chi connectivity index (χ3v) is 2.07. The molecule has 13 heavy (non-hydrogen) atoms. The maximum atomic E-state index is 10.6. The monoisotopic (exact) mass is 176 g/mol. The predicted molar refractivity (Wildman–Crippen MR) is 48.0 cm³/mol. The Kier molecular flexibility index (Phi) is 1.59. The second-order valence-corrected chi connectivity index (χ2v) is 2.91. The van der Waals surface area contributed by atoms with Crippen molar-refractivity contribution < 1.29 is 14.3 Å². The molecule has 1 heterocycles. The van der Waals surface area contributed by atoms with Crippen LogP contribution in [0.25, 0.3) is 11.0 Å². The van der Waals surface area contributed by atoms with Crippen molar-refractivity contribution in [3.63, 3.8) is 0 Å². The molecule has 0 aliphatic rings. The summed E-state index contributed by atoms with van der Waals surface area (Å²) in [7, 11) is 0. The Morgan fingerprint density at radius 1 is 1.46 bits per heavy atom. The molecule has 0 saturated carbocycles. The fourth-order valence-electron chi connectivity index (χ4n) is 1.35. The molecule has 0 unspecified atom stereocenters. The van der Waals surface area contributed by atoms with Gasteiger partial charge in [-0.1, -0.05) is 0 Å². The van der Waals surface area contributed by atoms with E-state index in [1.54, 1.807) is 12.3 Å². The molecule has 3 heteroatoms. The minimum atomic E-state index is -0.0446. The molecular formula is C10H8O3. The van der Waals surface area contributed by atoms with Gasteiger partial charge >= 0.3 is 0 Å². The topological polar surface area (TPSA) is 50.4 Å². The Hall–Kier alpha value is -1.77. The van der Waals surface area contributed by atoms with Crippen molar-refractivity contribution in [3.05, 3.63) is 29.5 Å². The van der Waals surface area contributed by atoms with E-state index in [-0.39, 0.29) is 11.3 Å². The number of fused-ring (bicyclic) bond motifs is 1. The van der Waals surface area contributed by atoms with Gasteiger partial charge in [-0.2, -0.15) is 0 Å². The molecule has 0 amide bonds. The molecule has 0 atom stereocenters. The van der Waals surface area contributed by atoms with E-state index in [4.69, 9.17) is 4.42 Å². The summed E-state index contributed by atoms with van der Waals surface area (Å²) in [6, 6.07) is 3.23. The first-order valence-corrected chi connectivity index (χ1v) is 3.89. The first-order valence-electron chi connectivity index (χ1n) is 3.89. The summed E-state index contributed by atoms with van der Waals surface area (Å²) >= 11 is 0. The van der Waals surface area contributed by atoms with Crippen LogP contribution in [0.5, 0.6) is 5.75 Å². The van der Waals surface area contributed by atoms with E-state index in [9.17, 15) is 9.90 Å². The van der Waals surface area contributed by atoms with Gasteiger partial charge in [0.05, 0.1) is 11.8 Å². The molecule has 1 aromatic heterocycles. The molecule has 0 spiro atoms. The second kappa shape index (κ2) is 2.62. The Morgan fingerprint density at radius 2 is 2.23 bits per heavy atom. The molecule has 0 bridgehead atoms. The number of phenolic OH excluding ortho intramolecular Hbond substituents is 1. The van der Waals surface area contributed by atoms with E-state index in [0.29, 0.717) is 11.9 Å². The van der Waals surface area contributed by atoms with Crippen LogP contribution in [0.15, 0.2) is 22.8 Å². The molecule has 2 aromatic rings. The minimum absolute atomic E-state index is 0.0446. The summed E-state index contributed by atoms with van der Waals surface area (Å²) in [4.78, 5) is 10.6. The Morgan fingerprint density at radius 3 is 2.92 bits per heavy atom. The Labute approximate surface area is 74.6 Å². The minimum Gasteiger partial charge on any atom is -0.507 e. The zero-order chi connectivity index (χ0) is 9.42. The largest absolute Gasteiger partial charge is 0.507 e. The lowest BCUT2D eigenvalue weighted by Gasteiger charge is -1.96. The number of benzene rings is 1. The number of aldehydes is 1. The van der Waals surface area contributed by atoms with Gasteiger partial charge in [0.25, 0.3) is 0 Å². The van der Waals surface area contributed by atoms with Crippen LogP contribution in [0.2, 0.25) is 0 Å². The van der Waals surface area contributed by atoms with E-state index in [0.717, 1.165) is 10.9 Å². The van der Waals surface area contributed by atoms with E-state index < -0.39 is 0 Å². The second-order valence-electron chi connectivity index (χ2n) is 2.91. The van der Waals surface area contributed by atoms with Gasteiger partial charge in [-0.15, -0.1) is 0 Å². The van der Waals surface area contributed by atoms with E-state index >= 15 is 0 Å². The number of rotatable bonds is 1. The molecule has 0 radical (unpaired) electrons. The summed E-state index contributed by atoms with van der Waals surface area (Å²) < 4.78 is 5.16. The number of hydrogen-bond acceptors (Lipinski definition) is 3. The lowest BCUT2D eigenvalue weighted by Crippen LogP contribution is -1.81. The summed E-state index contributed by atoms with van der Waals surface area (Å²) in [5, 5.41) is 10.2. The highest BCUT2D eigenvalue weighted by atomic mass is 16.3. The molecule has 1 N–H and O–H groups in total. The maximum absolute atomic E-state index is 10.6. The number of aryl methyl sites for hydroxylation is 1. The molecular weight excluding hydrogens is 168 g/mol. The molecule has 0 fully saturated rings. The predicted octanol–water partition coefficient (Wildman–Crippen LogP) is 2.26. The fourth-order valence-corrected chi connectivity index (χ4v) is 1.35. The lowest BCUT2D eigenvalue weighted by molar-refractivity contribution is 0.112. The Balaban J connectivity index is 2.92. The van der Waals surface area contributed by atoms with Crippen molar-refractivity contribution in [2.45, 2.75) is 6.92 Å². The summed E-state index contributed by atoms with van der Waals surface area (Å²) in [5.74, 6) is -0.0446. The summed E-state index contributed by atoms with van der Waals surface area (Å²) in [6.07, 6.45) is 2.16. The quantitative estimate of drug-likeness (QED) is 0.678. The highest BCUT2D eigenvalue weighted by Crippen LogP contribution is 2.28. The van der Waals surface area contributed by atoms with Crippen LogP contribution >= 0.6 is 0 Å². The van der Waals surface area contributed by atoms with Crippen molar-refractivity contribution in [2.75, 3.05) is 0 Å². The van der Waals surface area contributed by atoms with Crippen LogP contribution < -0.4 is 0 Å². The molecule has 1 aromatic carbocycles. The van der Waals surface area contributed by atoms with E-state index in [1.165, 1.54) is 6.07 Å². The number of hydrogen-bond donors (Lipinski definition) is 1. The average Bonchev–Trinajstić information content (AvgIpc) is 2.48. The average molecular weight is 176 g/mol. The van der Waals surface area contributed by atoms with Gasteiger partial charge in [0, 0.05) is 5.39 Å².